The van der Waals surface area contributed by atoms with E-state index in [9.17, 15) is 9.59 Å². The van der Waals surface area contributed by atoms with Gasteiger partial charge in [-0.1, -0.05) is 55.8 Å². The van der Waals surface area contributed by atoms with Crippen molar-refractivity contribution in [2.24, 2.45) is 16.3 Å². The van der Waals surface area contributed by atoms with Crippen LogP contribution < -0.4 is 14.4 Å². The number of ketones is 1. The quantitative estimate of drug-likeness (QED) is 0.401. The molecule has 3 aromatic rings. The second-order valence-electron chi connectivity index (χ2n) is 10.7. The molecule has 1 fully saturated rings. The standard InChI is InChI=1S/C30H27ClN2O4/c1-30(2)15-22-28(24(34)16-30)29(19-9-12-25-26(14-19)37-17-36-25)33(23-6-4-3-5-21(23)32-22)27(35)13-18-7-10-20(31)11-8-18/h3-12,14,28-29H,13,15-17H2,1-2H3. The van der Waals surface area contributed by atoms with Crippen LogP contribution >= 0.6 is 11.6 Å². The summed E-state index contributed by atoms with van der Waals surface area (Å²) in [5.74, 6) is 0.681. The number of aliphatic imine (C=N–C) groups is 1. The topological polar surface area (TPSA) is 68.2 Å². The van der Waals surface area contributed by atoms with Crippen molar-refractivity contribution in [2.45, 2.75) is 39.2 Å². The van der Waals surface area contributed by atoms with Crippen LogP contribution in [0, 0.1) is 11.3 Å². The number of nitrogens with zero attached hydrogens (tertiary/aromatic N) is 2. The highest BCUT2D eigenvalue weighted by Crippen LogP contribution is 2.49. The number of amides is 1. The molecule has 2 unspecified atom stereocenters. The van der Waals surface area contributed by atoms with Gasteiger partial charge in [0.2, 0.25) is 12.7 Å². The van der Waals surface area contributed by atoms with Gasteiger partial charge in [-0.2, -0.15) is 0 Å². The highest BCUT2D eigenvalue weighted by Gasteiger charge is 2.48. The molecule has 2 aliphatic heterocycles. The Labute approximate surface area is 220 Å². The molecule has 0 spiro atoms. The number of ether oxygens (including phenoxy) is 2. The van der Waals surface area contributed by atoms with Crippen LogP contribution in [0.5, 0.6) is 11.5 Å². The molecule has 0 N–H and O–H groups in total. The van der Waals surface area contributed by atoms with Crippen molar-refractivity contribution < 1.29 is 19.1 Å². The fourth-order valence-corrected chi connectivity index (χ4v) is 5.83. The van der Waals surface area contributed by atoms with Crippen LogP contribution in [0.4, 0.5) is 11.4 Å². The van der Waals surface area contributed by atoms with Crippen LogP contribution in [0.3, 0.4) is 0 Å². The van der Waals surface area contributed by atoms with E-state index in [1.807, 2.05) is 54.6 Å². The van der Waals surface area contributed by atoms with Gasteiger partial charge in [-0.3, -0.25) is 14.6 Å². The lowest BCUT2D eigenvalue weighted by Gasteiger charge is -2.41. The summed E-state index contributed by atoms with van der Waals surface area (Å²) in [6.45, 7) is 4.34. The Morgan fingerprint density at radius 3 is 2.59 bits per heavy atom. The summed E-state index contributed by atoms with van der Waals surface area (Å²) in [6.07, 6.45) is 1.26. The molecule has 6 nitrogen and oxygen atoms in total. The third kappa shape index (κ3) is 4.40. The predicted octanol–water partition coefficient (Wildman–Crippen LogP) is 6.48. The molecule has 3 aromatic carbocycles. The fourth-order valence-electron chi connectivity index (χ4n) is 5.70. The van der Waals surface area contributed by atoms with E-state index in [0.717, 1.165) is 16.8 Å². The second kappa shape index (κ2) is 9.03. The minimum Gasteiger partial charge on any atom is -0.454 e. The van der Waals surface area contributed by atoms with E-state index in [-0.39, 0.29) is 30.3 Å². The van der Waals surface area contributed by atoms with Gasteiger partial charge in [0.25, 0.3) is 0 Å². The summed E-state index contributed by atoms with van der Waals surface area (Å²) in [5.41, 5.74) is 3.66. The zero-order valence-corrected chi connectivity index (χ0v) is 21.5. The van der Waals surface area contributed by atoms with Gasteiger partial charge in [-0.15, -0.1) is 0 Å². The molecule has 1 amide bonds. The molecule has 6 rings (SSSR count). The summed E-state index contributed by atoms with van der Waals surface area (Å²) in [5, 5.41) is 0.614. The van der Waals surface area contributed by atoms with Gasteiger partial charge in [0.15, 0.2) is 11.5 Å². The molecule has 0 bridgehead atoms. The van der Waals surface area contributed by atoms with Crippen LogP contribution in [0.15, 0.2) is 71.7 Å². The molecular formula is C30H27ClN2O4. The molecule has 0 aromatic heterocycles. The van der Waals surface area contributed by atoms with Crippen LogP contribution in [0.25, 0.3) is 0 Å². The average molecular weight is 515 g/mol. The monoisotopic (exact) mass is 514 g/mol. The Bertz CT molecular complexity index is 1430. The summed E-state index contributed by atoms with van der Waals surface area (Å²) in [4.78, 5) is 34.8. The first-order chi connectivity index (χ1) is 17.8. The summed E-state index contributed by atoms with van der Waals surface area (Å²) in [6, 6.07) is 20.0. The predicted molar refractivity (Wildman–Crippen MR) is 143 cm³/mol. The third-order valence-electron chi connectivity index (χ3n) is 7.29. The molecule has 0 radical (unpaired) electrons. The smallest absolute Gasteiger partial charge is 0.232 e. The van der Waals surface area contributed by atoms with Gasteiger partial charge in [-0.05, 0) is 59.4 Å². The van der Waals surface area contributed by atoms with E-state index in [4.69, 9.17) is 26.1 Å². The molecular weight excluding hydrogens is 488 g/mol. The zero-order chi connectivity index (χ0) is 25.7. The van der Waals surface area contributed by atoms with Crippen molar-refractivity contribution in [1.82, 2.24) is 0 Å². The molecule has 188 valence electrons. The SMILES string of the molecule is CC1(C)CC(=O)C2C(=Nc3ccccc3N(C(=O)Cc3ccc(Cl)cc3)C2c2ccc3c(c2)OCO3)C1. The lowest BCUT2D eigenvalue weighted by molar-refractivity contribution is -0.124. The Morgan fingerprint density at radius 1 is 1.03 bits per heavy atom. The van der Waals surface area contributed by atoms with Crippen LogP contribution in [0.1, 0.15) is 43.9 Å². The number of hydrogen-bond acceptors (Lipinski definition) is 5. The number of benzene rings is 3. The molecule has 2 atom stereocenters. The van der Waals surface area contributed by atoms with Crippen LogP contribution in [-0.2, 0) is 16.0 Å². The molecule has 37 heavy (non-hydrogen) atoms. The molecule has 2 heterocycles. The van der Waals surface area contributed by atoms with E-state index in [1.165, 1.54) is 0 Å². The number of halogens is 1. The molecule has 1 saturated carbocycles. The minimum absolute atomic E-state index is 0.0924. The number of hydrogen-bond donors (Lipinski definition) is 0. The molecule has 0 saturated heterocycles. The van der Waals surface area contributed by atoms with E-state index < -0.39 is 12.0 Å². The van der Waals surface area contributed by atoms with E-state index in [2.05, 4.69) is 13.8 Å². The molecule has 3 aliphatic rings. The number of Topliss-reactive ketones (excluding diaryl/α,β-unsaturated/α-hetero) is 1. The minimum atomic E-state index is -0.569. The number of fused-ring (bicyclic) bond motifs is 3. The van der Waals surface area contributed by atoms with Gasteiger partial charge in [0, 0.05) is 17.2 Å². The van der Waals surface area contributed by atoms with Gasteiger partial charge in [-0.25, -0.2) is 0 Å². The third-order valence-corrected chi connectivity index (χ3v) is 7.54. The summed E-state index contributed by atoms with van der Waals surface area (Å²) < 4.78 is 11.2. The number of carbonyl (C=O) groups is 2. The Kier molecular flexibility index (Phi) is 5.80. The highest BCUT2D eigenvalue weighted by atomic mass is 35.5. The van der Waals surface area contributed by atoms with Crippen molar-refractivity contribution >= 4 is 40.4 Å². The number of carbonyl (C=O) groups excluding carboxylic acids is 2. The van der Waals surface area contributed by atoms with Crippen molar-refractivity contribution in [2.75, 3.05) is 11.7 Å². The number of para-hydroxylation sites is 2. The van der Waals surface area contributed by atoms with Gasteiger partial charge in [0.05, 0.1) is 29.8 Å². The van der Waals surface area contributed by atoms with Crippen molar-refractivity contribution in [1.29, 1.82) is 0 Å². The summed E-state index contributed by atoms with van der Waals surface area (Å²) >= 11 is 6.08. The molecule has 1 aliphatic carbocycles. The van der Waals surface area contributed by atoms with Crippen molar-refractivity contribution in [3.63, 3.8) is 0 Å². The normalized spacial score (nSPS) is 21.5. The van der Waals surface area contributed by atoms with E-state index >= 15 is 0 Å². The van der Waals surface area contributed by atoms with Crippen LogP contribution in [0.2, 0.25) is 5.02 Å². The Hall–Kier alpha value is -3.64. The van der Waals surface area contributed by atoms with Crippen LogP contribution in [-0.4, -0.2) is 24.2 Å². The first-order valence-electron chi connectivity index (χ1n) is 12.4. The summed E-state index contributed by atoms with van der Waals surface area (Å²) in [7, 11) is 0. The lowest BCUT2D eigenvalue weighted by atomic mass is 9.68. The Balaban J connectivity index is 1.53. The second-order valence-corrected chi connectivity index (χ2v) is 11.1. The fraction of sp³-hybridized carbons (Fsp3) is 0.300. The van der Waals surface area contributed by atoms with Crippen molar-refractivity contribution in [3.05, 3.63) is 82.9 Å². The molecule has 7 heteroatoms. The largest absolute Gasteiger partial charge is 0.454 e. The van der Waals surface area contributed by atoms with E-state index in [0.29, 0.717) is 40.7 Å². The lowest BCUT2D eigenvalue weighted by Crippen LogP contribution is -2.47. The van der Waals surface area contributed by atoms with Crippen molar-refractivity contribution in [3.8, 4) is 11.5 Å². The maximum atomic E-state index is 14.2. The number of anilines is 1. The first-order valence-corrected chi connectivity index (χ1v) is 12.8. The first kappa shape index (κ1) is 23.7. The zero-order valence-electron chi connectivity index (χ0n) is 20.7. The number of rotatable bonds is 3. The Morgan fingerprint density at radius 2 is 1.78 bits per heavy atom. The van der Waals surface area contributed by atoms with E-state index in [1.54, 1.807) is 17.0 Å². The van der Waals surface area contributed by atoms with Gasteiger partial charge >= 0.3 is 0 Å². The average Bonchev–Trinajstić information content (AvgIpc) is 3.27. The maximum absolute atomic E-state index is 14.2. The van der Waals surface area contributed by atoms with Gasteiger partial charge < -0.3 is 14.4 Å². The highest BCUT2D eigenvalue weighted by molar-refractivity contribution is 6.30. The maximum Gasteiger partial charge on any atom is 0.232 e. The van der Waals surface area contributed by atoms with Gasteiger partial charge in [0.1, 0.15) is 5.78 Å².